The standard InChI is InChI=1S/C22H26/c1-3-5-6-8-20-11-15-22(16-12-20)18-17-21-13-9-19(7-4-2)10-14-21/h11-13,15-16,19H,3-5,7,9-10,14H2,1-2H3. The maximum atomic E-state index is 3.35. The lowest BCUT2D eigenvalue weighted by Gasteiger charge is -2.18. The molecule has 0 saturated carbocycles. The van der Waals surface area contributed by atoms with E-state index >= 15 is 0 Å². The number of benzene rings is 1. The Balaban J connectivity index is 1.94. The van der Waals surface area contributed by atoms with Crippen molar-refractivity contribution in [1.82, 2.24) is 0 Å². The van der Waals surface area contributed by atoms with Crippen molar-refractivity contribution in [3.05, 3.63) is 47.0 Å². The molecule has 0 amide bonds. The van der Waals surface area contributed by atoms with Crippen molar-refractivity contribution >= 4 is 0 Å². The van der Waals surface area contributed by atoms with Gasteiger partial charge in [-0.15, -0.1) is 0 Å². The van der Waals surface area contributed by atoms with Gasteiger partial charge in [0.2, 0.25) is 0 Å². The summed E-state index contributed by atoms with van der Waals surface area (Å²) in [7, 11) is 0. The Bertz CT molecular complexity index is 608. The molecule has 0 aliphatic heterocycles. The van der Waals surface area contributed by atoms with Gasteiger partial charge in [-0.1, -0.05) is 56.4 Å². The maximum absolute atomic E-state index is 3.35. The summed E-state index contributed by atoms with van der Waals surface area (Å²) in [4.78, 5) is 0. The molecule has 22 heavy (non-hydrogen) atoms. The highest BCUT2D eigenvalue weighted by Crippen LogP contribution is 2.26. The molecule has 0 heterocycles. The van der Waals surface area contributed by atoms with Crippen LogP contribution in [0.4, 0.5) is 0 Å². The van der Waals surface area contributed by atoms with Gasteiger partial charge in [0.15, 0.2) is 0 Å². The zero-order valence-corrected chi connectivity index (χ0v) is 13.9. The lowest BCUT2D eigenvalue weighted by atomic mass is 9.87. The monoisotopic (exact) mass is 290 g/mol. The van der Waals surface area contributed by atoms with E-state index in [9.17, 15) is 0 Å². The molecule has 0 nitrogen and oxygen atoms in total. The van der Waals surface area contributed by atoms with E-state index in [-0.39, 0.29) is 0 Å². The van der Waals surface area contributed by atoms with Crippen molar-refractivity contribution in [3.63, 3.8) is 0 Å². The smallest absolute Gasteiger partial charge is 0.0249 e. The molecule has 0 fully saturated rings. The van der Waals surface area contributed by atoms with E-state index in [4.69, 9.17) is 0 Å². The van der Waals surface area contributed by atoms with Gasteiger partial charge in [0, 0.05) is 17.5 Å². The number of rotatable bonds is 3. The summed E-state index contributed by atoms with van der Waals surface area (Å²) in [6.45, 7) is 4.42. The highest BCUT2D eigenvalue weighted by atomic mass is 14.2. The number of hydrogen-bond donors (Lipinski definition) is 0. The maximum Gasteiger partial charge on any atom is 0.0249 e. The summed E-state index contributed by atoms with van der Waals surface area (Å²) in [5, 5.41) is 0. The quantitative estimate of drug-likeness (QED) is 0.625. The van der Waals surface area contributed by atoms with E-state index < -0.39 is 0 Å². The molecule has 0 radical (unpaired) electrons. The van der Waals surface area contributed by atoms with Crippen molar-refractivity contribution in [2.45, 2.75) is 58.8 Å². The fraction of sp³-hybridized carbons (Fsp3) is 0.455. The normalized spacial score (nSPS) is 16.8. The van der Waals surface area contributed by atoms with Crippen LogP contribution in [0.5, 0.6) is 0 Å². The largest absolute Gasteiger partial charge is 0.0979 e. The predicted molar refractivity (Wildman–Crippen MR) is 95.4 cm³/mol. The van der Waals surface area contributed by atoms with Gasteiger partial charge in [0.1, 0.15) is 0 Å². The highest BCUT2D eigenvalue weighted by molar-refractivity contribution is 5.44. The third-order valence-electron chi connectivity index (χ3n) is 4.08. The molecule has 114 valence electrons. The molecule has 0 aromatic heterocycles. The Morgan fingerprint density at radius 3 is 2.27 bits per heavy atom. The van der Waals surface area contributed by atoms with Gasteiger partial charge in [-0.2, -0.15) is 0 Å². The van der Waals surface area contributed by atoms with Crippen LogP contribution in [-0.2, 0) is 0 Å². The van der Waals surface area contributed by atoms with E-state index in [1.807, 2.05) is 0 Å². The van der Waals surface area contributed by atoms with E-state index in [2.05, 4.69) is 67.9 Å². The van der Waals surface area contributed by atoms with Crippen LogP contribution >= 0.6 is 0 Å². The molecule has 1 atom stereocenters. The molecule has 0 heteroatoms. The first-order chi connectivity index (χ1) is 10.8. The zero-order valence-electron chi connectivity index (χ0n) is 13.9. The molecule has 1 unspecified atom stereocenters. The van der Waals surface area contributed by atoms with Crippen molar-refractivity contribution in [2.75, 3.05) is 0 Å². The SMILES string of the molecule is CCCC#Cc1ccc(C#CC2=CCC(CCC)CC2)cc1. The number of hydrogen-bond acceptors (Lipinski definition) is 0. The van der Waals surface area contributed by atoms with Crippen LogP contribution in [0.15, 0.2) is 35.9 Å². The summed E-state index contributed by atoms with van der Waals surface area (Å²) in [5.74, 6) is 13.9. The topological polar surface area (TPSA) is 0 Å². The third kappa shape index (κ3) is 5.46. The Labute approximate surface area is 136 Å². The van der Waals surface area contributed by atoms with Crippen LogP contribution in [0.3, 0.4) is 0 Å². The zero-order chi connectivity index (χ0) is 15.6. The van der Waals surface area contributed by atoms with E-state index in [0.29, 0.717) is 0 Å². The molecule has 1 aliphatic carbocycles. The molecular weight excluding hydrogens is 264 g/mol. The Kier molecular flexibility index (Phi) is 6.86. The van der Waals surface area contributed by atoms with Gasteiger partial charge in [-0.3, -0.25) is 0 Å². The van der Waals surface area contributed by atoms with Crippen LogP contribution in [0, 0.1) is 29.6 Å². The lowest BCUT2D eigenvalue weighted by Crippen LogP contribution is -2.04. The second kappa shape index (κ2) is 9.17. The fourth-order valence-corrected chi connectivity index (χ4v) is 2.75. The Morgan fingerprint density at radius 2 is 1.68 bits per heavy atom. The van der Waals surface area contributed by atoms with Gasteiger partial charge in [-0.25, -0.2) is 0 Å². The number of unbranched alkanes of at least 4 members (excludes halogenated alkanes) is 1. The van der Waals surface area contributed by atoms with Gasteiger partial charge >= 0.3 is 0 Å². The van der Waals surface area contributed by atoms with Crippen molar-refractivity contribution in [1.29, 1.82) is 0 Å². The van der Waals surface area contributed by atoms with Crippen LogP contribution in [0.1, 0.15) is 69.9 Å². The summed E-state index contributed by atoms with van der Waals surface area (Å²) >= 11 is 0. The van der Waals surface area contributed by atoms with Crippen LogP contribution < -0.4 is 0 Å². The molecule has 2 rings (SSSR count). The minimum Gasteiger partial charge on any atom is -0.0979 e. The second-order valence-electron chi connectivity index (χ2n) is 6.04. The Morgan fingerprint density at radius 1 is 0.955 bits per heavy atom. The molecule has 1 aliphatic rings. The first kappa shape index (κ1) is 16.5. The summed E-state index contributed by atoms with van der Waals surface area (Å²) in [5.41, 5.74) is 3.48. The van der Waals surface area contributed by atoms with E-state index in [0.717, 1.165) is 36.3 Å². The summed E-state index contributed by atoms with van der Waals surface area (Å²) in [6.07, 6.45) is 10.8. The van der Waals surface area contributed by atoms with Crippen LogP contribution in [-0.4, -0.2) is 0 Å². The minimum absolute atomic E-state index is 0.886. The highest BCUT2D eigenvalue weighted by Gasteiger charge is 2.12. The van der Waals surface area contributed by atoms with Crippen molar-refractivity contribution in [3.8, 4) is 23.7 Å². The van der Waals surface area contributed by atoms with E-state index in [1.165, 1.54) is 31.3 Å². The third-order valence-corrected chi connectivity index (χ3v) is 4.08. The minimum atomic E-state index is 0.886. The molecule has 0 bridgehead atoms. The van der Waals surface area contributed by atoms with Gasteiger partial charge in [-0.05, 0) is 61.4 Å². The molecular formula is C22H26. The first-order valence-corrected chi connectivity index (χ1v) is 8.61. The second-order valence-corrected chi connectivity index (χ2v) is 6.04. The van der Waals surface area contributed by atoms with Crippen molar-refractivity contribution < 1.29 is 0 Å². The van der Waals surface area contributed by atoms with E-state index in [1.54, 1.807) is 0 Å². The molecule has 0 saturated heterocycles. The average Bonchev–Trinajstić information content (AvgIpc) is 2.56. The van der Waals surface area contributed by atoms with Crippen LogP contribution in [0.2, 0.25) is 0 Å². The fourth-order valence-electron chi connectivity index (χ4n) is 2.75. The Hall–Kier alpha value is -1.92. The van der Waals surface area contributed by atoms with Crippen molar-refractivity contribution in [2.24, 2.45) is 5.92 Å². The molecule has 1 aromatic carbocycles. The number of allylic oxidation sites excluding steroid dienone is 2. The average molecular weight is 290 g/mol. The summed E-state index contributed by atoms with van der Waals surface area (Å²) < 4.78 is 0. The first-order valence-electron chi connectivity index (χ1n) is 8.61. The van der Waals surface area contributed by atoms with Gasteiger partial charge in [0.25, 0.3) is 0 Å². The molecule has 0 N–H and O–H groups in total. The predicted octanol–water partition coefficient (Wildman–Crippen LogP) is 5.72. The van der Waals surface area contributed by atoms with Gasteiger partial charge in [0.05, 0.1) is 0 Å². The summed E-state index contributed by atoms with van der Waals surface area (Å²) in [6, 6.07) is 8.29. The van der Waals surface area contributed by atoms with Gasteiger partial charge < -0.3 is 0 Å². The lowest BCUT2D eigenvalue weighted by molar-refractivity contribution is 0.436. The molecule has 1 aromatic rings. The van der Waals surface area contributed by atoms with Crippen LogP contribution in [0.25, 0.3) is 0 Å². The molecule has 0 spiro atoms.